The van der Waals surface area contributed by atoms with Crippen molar-refractivity contribution in [2.24, 2.45) is 0 Å². The van der Waals surface area contributed by atoms with E-state index >= 15 is 0 Å². The molecule has 1 nitrogen and oxygen atoms in total. The standard InChI is InChI=1S/C15H13BrClIO/c1-9-7-10(3-6-14(9)19-2)15(17)12-8-11(16)4-5-13(12)18/h3-8,15H,1-2H3. The topological polar surface area (TPSA) is 9.23 Å². The molecule has 0 saturated carbocycles. The van der Waals surface area contributed by atoms with Crippen LogP contribution >= 0.6 is 50.1 Å². The van der Waals surface area contributed by atoms with Gasteiger partial charge in [0.15, 0.2) is 0 Å². The van der Waals surface area contributed by atoms with E-state index in [1.165, 1.54) is 0 Å². The molecule has 2 aromatic rings. The minimum Gasteiger partial charge on any atom is -0.496 e. The van der Waals surface area contributed by atoms with Crippen molar-refractivity contribution in [3.8, 4) is 5.75 Å². The highest BCUT2D eigenvalue weighted by atomic mass is 127. The van der Waals surface area contributed by atoms with E-state index in [0.29, 0.717) is 0 Å². The summed E-state index contributed by atoms with van der Waals surface area (Å²) in [5, 5.41) is -0.158. The lowest BCUT2D eigenvalue weighted by atomic mass is 10.0. The van der Waals surface area contributed by atoms with Crippen molar-refractivity contribution >= 4 is 50.1 Å². The third kappa shape index (κ3) is 3.44. The first-order valence-electron chi connectivity index (χ1n) is 5.76. The molecule has 0 aliphatic rings. The van der Waals surface area contributed by atoms with Crippen LogP contribution < -0.4 is 4.74 Å². The van der Waals surface area contributed by atoms with Gasteiger partial charge in [0.2, 0.25) is 0 Å². The van der Waals surface area contributed by atoms with E-state index in [4.69, 9.17) is 16.3 Å². The van der Waals surface area contributed by atoms with Crippen molar-refractivity contribution in [3.63, 3.8) is 0 Å². The van der Waals surface area contributed by atoms with E-state index in [9.17, 15) is 0 Å². The van der Waals surface area contributed by atoms with Gasteiger partial charge in [0.05, 0.1) is 12.5 Å². The molecule has 0 saturated heterocycles. The predicted molar refractivity (Wildman–Crippen MR) is 92.3 cm³/mol. The van der Waals surface area contributed by atoms with Gasteiger partial charge in [0, 0.05) is 8.04 Å². The zero-order chi connectivity index (χ0) is 14.0. The minimum absolute atomic E-state index is 0.158. The molecule has 0 aliphatic heterocycles. The van der Waals surface area contributed by atoms with Crippen LogP contribution in [0.3, 0.4) is 0 Å². The van der Waals surface area contributed by atoms with Crippen molar-refractivity contribution in [1.82, 2.24) is 0 Å². The number of halogens is 3. The molecule has 1 unspecified atom stereocenters. The third-order valence-electron chi connectivity index (χ3n) is 2.94. The number of methoxy groups -OCH3 is 1. The Balaban J connectivity index is 2.41. The molecule has 0 aliphatic carbocycles. The molecule has 4 heteroatoms. The van der Waals surface area contributed by atoms with E-state index in [1.54, 1.807) is 7.11 Å². The number of rotatable bonds is 3. The lowest BCUT2D eigenvalue weighted by Gasteiger charge is -2.15. The van der Waals surface area contributed by atoms with Crippen LogP contribution in [0.25, 0.3) is 0 Å². The maximum atomic E-state index is 6.61. The fourth-order valence-electron chi connectivity index (χ4n) is 1.95. The Morgan fingerprint density at radius 1 is 1.21 bits per heavy atom. The summed E-state index contributed by atoms with van der Waals surface area (Å²) in [6.45, 7) is 2.03. The number of benzene rings is 2. The molecule has 0 amide bonds. The van der Waals surface area contributed by atoms with Gasteiger partial charge in [0.1, 0.15) is 5.75 Å². The van der Waals surface area contributed by atoms with E-state index in [2.05, 4.69) is 56.7 Å². The highest BCUT2D eigenvalue weighted by molar-refractivity contribution is 14.1. The lowest BCUT2D eigenvalue weighted by Crippen LogP contribution is -1.98. The van der Waals surface area contributed by atoms with Gasteiger partial charge in [-0.3, -0.25) is 0 Å². The van der Waals surface area contributed by atoms with E-state index in [1.807, 2.05) is 25.1 Å². The molecule has 0 heterocycles. The molecule has 0 fully saturated rings. The van der Waals surface area contributed by atoms with Crippen LogP contribution in [-0.2, 0) is 0 Å². The summed E-state index contributed by atoms with van der Waals surface area (Å²) in [4.78, 5) is 0. The molecular formula is C15H13BrClIO. The fraction of sp³-hybridized carbons (Fsp3) is 0.200. The second-order valence-electron chi connectivity index (χ2n) is 4.26. The summed E-state index contributed by atoms with van der Waals surface area (Å²) < 4.78 is 7.48. The van der Waals surface area contributed by atoms with Crippen LogP contribution in [0.2, 0.25) is 0 Å². The van der Waals surface area contributed by atoms with E-state index < -0.39 is 0 Å². The fourth-order valence-corrected chi connectivity index (χ4v) is 3.47. The molecule has 1 atom stereocenters. The van der Waals surface area contributed by atoms with Gasteiger partial charge in [-0.1, -0.05) is 28.1 Å². The van der Waals surface area contributed by atoms with Crippen LogP contribution in [0.4, 0.5) is 0 Å². The van der Waals surface area contributed by atoms with Gasteiger partial charge in [0.25, 0.3) is 0 Å². The second kappa shape index (κ2) is 6.46. The lowest BCUT2D eigenvalue weighted by molar-refractivity contribution is 0.411. The first-order valence-corrected chi connectivity index (χ1v) is 8.07. The van der Waals surface area contributed by atoms with Crippen LogP contribution in [0.15, 0.2) is 40.9 Å². The zero-order valence-electron chi connectivity index (χ0n) is 10.6. The Labute approximate surface area is 140 Å². The average molecular weight is 452 g/mol. The summed E-state index contributed by atoms with van der Waals surface area (Å²) in [6, 6.07) is 12.2. The van der Waals surface area contributed by atoms with Crippen molar-refractivity contribution in [3.05, 3.63) is 61.1 Å². The third-order valence-corrected chi connectivity index (χ3v) is 4.91. The number of aryl methyl sites for hydroxylation is 1. The highest BCUT2D eigenvalue weighted by Crippen LogP contribution is 2.35. The van der Waals surface area contributed by atoms with Crippen molar-refractivity contribution < 1.29 is 4.74 Å². The highest BCUT2D eigenvalue weighted by Gasteiger charge is 2.15. The van der Waals surface area contributed by atoms with Gasteiger partial charge in [-0.2, -0.15) is 0 Å². The average Bonchev–Trinajstić information content (AvgIpc) is 2.40. The summed E-state index contributed by atoms with van der Waals surface area (Å²) >= 11 is 12.4. The van der Waals surface area contributed by atoms with Crippen LogP contribution in [0, 0.1) is 10.5 Å². The van der Waals surface area contributed by atoms with Crippen molar-refractivity contribution in [2.45, 2.75) is 12.3 Å². The normalized spacial score (nSPS) is 12.3. The maximum absolute atomic E-state index is 6.61. The monoisotopic (exact) mass is 450 g/mol. The van der Waals surface area contributed by atoms with Crippen LogP contribution in [-0.4, -0.2) is 7.11 Å². The first kappa shape index (κ1) is 15.1. The smallest absolute Gasteiger partial charge is 0.121 e. The minimum atomic E-state index is -0.158. The summed E-state index contributed by atoms with van der Waals surface area (Å²) in [5.74, 6) is 0.886. The van der Waals surface area contributed by atoms with Gasteiger partial charge in [-0.05, 0) is 70.5 Å². The van der Waals surface area contributed by atoms with Crippen molar-refractivity contribution in [1.29, 1.82) is 0 Å². The molecule has 2 rings (SSSR count). The Morgan fingerprint density at radius 3 is 2.58 bits per heavy atom. The quantitative estimate of drug-likeness (QED) is 0.430. The molecule has 0 bridgehead atoms. The predicted octanol–water partition coefficient (Wildman–Crippen LogP) is 5.70. The number of alkyl halides is 1. The van der Waals surface area contributed by atoms with Crippen LogP contribution in [0.1, 0.15) is 22.1 Å². The maximum Gasteiger partial charge on any atom is 0.121 e. The second-order valence-corrected chi connectivity index (χ2v) is 6.77. The molecule has 2 aromatic carbocycles. The first-order chi connectivity index (χ1) is 9.02. The van der Waals surface area contributed by atoms with Gasteiger partial charge in [-0.25, -0.2) is 0 Å². The molecule has 100 valence electrons. The molecule has 0 aromatic heterocycles. The molecular weight excluding hydrogens is 438 g/mol. The Morgan fingerprint density at radius 2 is 1.95 bits per heavy atom. The largest absolute Gasteiger partial charge is 0.496 e. The Hall–Kier alpha value is -0.260. The van der Waals surface area contributed by atoms with Crippen molar-refractivity contribution in [2.75, 3.05) is 7.11 Å². The van der Waals surface area contributed by atoms with E-state index in [0.717, 1.165) is 30.5 Å². The zero-order valence-corrected chi connectivity index (χ0v) is 15.1. The number of ether oxygens (including phenoxy) is 1. The van der Waals surface area contributed by atoms with Gasteiger partial charge >= 0.3 is 0 Å². The Bertz CT molecular complexity index is 601. The van der Waals surface area contributed by atoms with Gasteiger partial charge < -0.3 is 4.74 Å². The molecule has 0 N–H and O–H groups in total. The SMILES string of the molecule is COc1ccc(C(Cl)c2cc(Br)ccc2I)cc1C. The van der Waals surface area contributed by atoms with Crippen LogP contribution in [0.5, 0.6) is 5.75 Å². The number of hydrogen-bond acceptors (Lipinski definition) is 1. The molecule has 0 radical (unpaired) electrons. The molecule has 0 spiro atoms. The Kier molecular flexibility index (Phi) is 5.15. The summed E-state index contributed by atoms with van der Waals surface area (Å²) in [5.41, 5.74) is 3.29. The summed E-state index contributed by atoms with van der Waals surface area (Å²) in [7, 11) is 1.68. The number of hydrogen-bond donors (Lipinski definition) is 0. The molecule has 19 heavy (non-hydrogen) atoms. The van der Waals surface area contributed by atoms with E-state index in [-0.39, 0.29) is 5.38 Å². The van der Waals surface area contributed by atoms with Gasteiger partial charge in [-0.15, -0.1) is 11.6 Å². The summed E-state index contributed by atoms with van der Waals surface area (Å²) in [6.07, 6.45) is 0.